The molecule has 0 aliphatic carbocycles. The fourth-order valence-electron chi connectivity index (χ4n) is 4.88. The van der Waals surface area contributed by atoms with Crippen molar-refractivity contribution in [1.82, 2.24) is 15.5 Å². The monoisotopic (exact) mass is 347 g/mol. The van der Waals surface area contributed by atoms with E-state index in [1.54, 1.807) is 0 Å². The summed E-state index contributed by atoms with van der Waals surface area (Å²) in [5, 5.41) is 7.55. The van der Waals surface area contributed by atoms with Crippen molar-refractivity contribution in [3.8, 4) is 0 Å². The number of unbranched alkanes of at least 4 members (excludes halogenated alkanes) is 1. The highest BCUT2D eigenvalue weighted by molar-refractivity contribution is 5.28. The lowest BCUT2D eigenvalue weighted by Crippen LogP contribution is -2.57. The molecule has 0 saturated carbocycles. The Morgan fingerprint density at radius 1 is 0.800 bits per heavy atom. The summed E-state index contributed by atoms with van der Waals surface area (Å²) < 4.78 is 0. The van der Waals surface area contributed by atoms with Crippen LogP contribution in [0.25, 0.3) is 0 Å². The van der Waals surface area contributed by atoms with Crippen LogP contribution in [-0.2, 0) is 0 Å². The van der Waals surface area contributed by atoms with Crippen molar-refractivity contribution >= 4 is 0 Å². The number of nitrogens with zero attached hydrogens (tertiary/aromatic N) is 1. The van der Waals surface area contributed by atoms with E-state index in [1.165, 1.54) is 24.2 Å². The molecule has 2 aliphatic rings. The number of hydrogen-bond acceptors (Lipinski definition) is 3. The molecular formula is C22H41N3. The van der Waals surface area contributed by atoms with E-state index in [9.17, 15) is 0 Å². The van der Waals surface area contributed by atoms with E-state index in [-0.39, 0.29) is 22.2 Å². The average molecular weight is 348 g/mol. The van der Waals surface area contributed by atoms with Gasteiger partial charge in [0.15, 0.2) is 0 Å². The fourth-order valence-corrected chi connectivity index (χ4v) is 4.88. The molecule has 3 heteroatoms. The lowest BCUT2D eigenvalue weighted by molar-refractivity contribution is 0.218. The molecule has 0 bridgehead atoms. The second-order valence-electron chi connectivity index (χ2n) is 10.6. The molecule has 0 amide bonds. The van der Waals surface area contributed by atoms with E-state index in [0.29, 0.717) is 0 Å². The molecule has 0 unspecified atom stereocenters. The Bertz CT molecular complexity index is 504. The molecule has 2 rings (SSSR count). The van der Waals surface area contributed by atoms with Crippen molar-refractivity contribution in [2.24, 2.45) is 0 Å². The topological polar surface area (TPSA) is 27.3 Å². The zero-order chi connectivity index (χ0) is 19.1. The molecule has 0 aromatic carbocycles. The molecule has 3 nitrogen and oxygen atoms in total. The standard InChI is InChI=1S/C22H41N3/c1-10-11-12-25(17-13-19(2,3)23-20(4,5)14-17)18-15-21(6,7)24-22(8,9)16-18/h13,15,23-24H,10-12,14,16H2,1-9H3. The van der Waals surface area contributed by atoms with E-state index in [0.717, 1.165) is 19.4 Å². The minimum Gasteiger partial charge on any atom is -0.349 e. The normalized spacial score (nSPS) is 26.6. The van der Waals surface area contributed by atoms with Gasteiger partial charge >= 0.3 is 0 Å². The number of rotatable bonds is 5. The minimum atomic E-state index is 0.0278. The second kappa shape index (κ2) is 6.74. The van der Waals surface area contributed by atoms with Crippen molar-refractivity contribution in [2.45, 2.75) is 110 Å². The maximum Gasteiger partial charge on any atom is 0.0331 e. The fraction of sp³-hybridized carbons (Fsp3) is 0.818. The van der Waals surface area contributed by atoms with Crippen LogP contribution in [-0.4, -0.2) is 33.6 Å². The van der Waals surface area contributed by atoms with Gasteiger partial charge in [0.05, 0.1) is 0 Å². The van der Waals surface area contributed by atoms with Gasteiger partial charge in [0.1, 0.15) is 0 Å². The summed E-state index contributed by atoms with van der Waals surface area (Å²) in [5.41, 5.74) is 3.27. The molecule has 0 radical (unpaired) electrons. The number of hydrogen-bond donors (Lipinski definition) is 2. The van der Waals surface area contributed by atoms with Gasteiger partial charge in [-0.15, -0.1) is 0 Å². The summed E-state index contributed by atoms with van der Waals surface area (Å²) in [6, 6.07) is 0. The van der Waals surface area contributed by atoms with E-state index in [2.05, 4.69) is 90.0 Å². The van der Waals surface area contributed by atoms with E-state index >= 15 is 0 Å². The van der Waals surface area contributed by atoms with Crippen LogP contribution in [0.3, 0.4) is 0 Å². The summed E-state index contributed by atoms with van der Waals surface area (Å²) >= 11 is 0. The molecule has 2 heterocycles. The van der Waals surface area contributed by atoms with Gasteiger partial charge < -0.3 is 15.5 Å². The van der Waals surface area contributed by atoms with Crippen molar-refractivity contribution in [3.63, 3.8) is 0 Å². The van der Waals surface area contributed by atoms with E-state index in [1.807, 2.05) is 0 Å². The third-order valence-electron chi connectivity index (χ3n) is 5.05. The lowest BCUT2D eigenvalue weighted by atomic mass is 9.83. The molecule has 0 saturated heterocycles. The Balaban J connectivity index is 2.43. The zero-order valence-corrected chi connectivity index (χ0v) is 18.1. The SMILES string of the molecule is CCCCN(C1=CC(C)(C)NC(C)(C)C1)C1=CC(C)(C)NC(C)(C)C1. The average Bonchev–Trinajstić information content (AvgIpc) is 2.31. The van der Waals surface area contributed by atoms with Gasteiger partial charge in [-0.05, 0) is 74.0 Å². The Morgan fingerprint density at radius 3 is 1.52 bits per heavy atom. The van der Waals surface area contributed by atoms with Crippen LogP contribution >= 0.6 is 0 Å². The molecule has 2 aliphatic heterocycles. The van der Waals surface area contributed by atoms with Crippen LogP contribution in [0.15, 0.2) is 23.5 Å². The van der Waals surface area contributed by atoms with Gasteiger partial charge in [-0.25, -0.2) is 0 Å². The van der Waals surface area contributed by atoms with Gasteiger partial charge in [-0.2, -0.15) is 0 Å². The minimum absolute atomic E-state index is 0.0278. The van der Waals surface area contributed by atoms with Crippen molar-refractivity contribution < 1.29 is 0 Å². The molecule has 25 heavy (non-hydrogen) atoms. The van der Waals surface area contributed by atoms with E-state index in [4.69, 9.17) is 0 Å². The van der Waals surface area contributed by atoms with Gasteiger partial charge in [-0.1, -0.05) is 13.3 Å². The Kier molecular flexibility index (Phi) is 5.53. The van der Waals surface area contributed by atoms with Crippen molar-refractivity contribution in [1.29, 1.82) is 0 Å². The molecule has 0 fully saturated rings. The van der Waals surface area contributed by atoms with Gasteiger partial charge in [0.25, 0.3) is 0 Å². The van der Waals surface area contributed by atoms with Crippen LogP contribution < -0.4 is 10.6 Å². The molecule has 2 N–H and O–H groups in total. The maximum absolute atomic E-state index is 3.77. The first-order valence-electron chi connectivity index (χ1n) is 10.0. The molecule has 0 aromatic rings. The van der Waals surface area contributed by atoms with E-state index < -0.39 is 0 Å². The predicted molar refractivity (Wildman–Crippen MR) is 110 cm³/mol. The largest absolute Gasteiger partial charge is 0.349 e. The van der Waals surface area contributed by atoms with Gasteiger partial charge in [0.2, 0.25) is 0 Å². The highest BCUT2D eigenvalue weighted by atomic mass is 15.2. The maximum atomic E-state index is 3.77. The first-order valence-corrected chi connectivity index (χ1v) is 10.0. The Morgan fingerprint density at radius 2 is 1.20 bits per heavy atom. The Labute approximate surface area is 156 Å². The second-order valence-corrected chi connectivity index (χ2v) is 10.6. The first-order chi connectivity index (χ1) is 11.2. The molecule has 0 aromatic heterocycles. The highest BCUT2D eigenvalue weighted by Crippen LogP contribution is 2.36. The summed E-state index contributed by atoms with van der Waals surface area (Å²) in [4.78, 5) is 2.64. The molecule has 144 valence electrons. The molecular weight excluding hydrogens is 306 g/mol. The van der Waals surface area contributed by atoms with Gasteiger partial charge in [0, 0.05) is 52.9 Å². The summed E-state index contributed by atoms with van der Waals surface area (Å²) in [6.45, 7) is 21.9. The van der Waals surface area contributed by atoms with Crippen LogP contribution in [0.1, 0.15) is 88.0 Å². The lowest BCUT2D eigenvalue weighted by Gasteiger charge is -2.48. The first kappa shape index (κ1) is 20.5. The third-order valence-corrected chi connectivity index (χ3v) is 5.05. The van der Waals surface area contributed by atoms with Crippen LogP contribution in [0.5, 0.6) is 0 Å². The van der Waals surface area contributed by atoms with Gasteiger partial charge in [-0.3, -0.25) is 0 Å². The quantitative estimate of drug-likeness (QED) is 0.736. The zero-order valence-electron chi connectivity index (χ0n) is 18.1. The van der Waals surface area contributed by atoms with Crippen molar-refractivity contribution in [2.75, 3.05) is 6.54 Å². The summed E-state index contributed by atoms with van der Waals surface area (Å²) in [5.74, 6) is 0. The third kappa shape index (κ3) is 5.59. The van der Waals surface area contributed by atoms with Crippen LogP contribution in [0.4, 0.5) is 0 Å². The van der Waals surface area contributed by atoms with Crippen molar-refractivity contribution in [3.05, 3.63) is 23.5 Å². The summed E-state index contributed by atoms with van der Waals surface area (Å²) in [7, 11) is 0. The number of nitrogens with one attached hydrogen (secondary N) is 2. The van der Waals surface area contributed by atoms with Crippen LogP contribution in [0.2, 0.25) is 0 Å². The smallest absolute Gasteiger partial charge is 0.0331 e. The summed E-state index contributed by atoms with van der Waals surface area (Å²) in [6.07, 6.45) is 9.52. The highest BCUT2D eigenvalue weighted by Gasteiger charge is 2.38. The molecule has 0 atom stereocenters. The predicted octanol–water partition coefficient (Wildman–Crippen LogP) is 4.96. The van der Waals surface area contributed by atoms with Crippen LogP contribution in [0, 0.1) is 0 Å². The Hall–Kier alpha value is -0.800. The molecule has 0 spiro atoms.